The van der Waals surface area contributed by atoms with Crippen LogP contribution >= 0.6 is 23.2 Å². The molecular formula is C37H38Cl2N4O4. The van der Waals surface area contributed by atoms with Crippen molar-refractivity contribution in [3.63, 3.8) is 0 Å². The number of ether oxygens (including phenoxy) is 1. The number of benzene rings is 3. The predicted molar refractivity (Wildman–Crippen MR) is 188 cm³/mol. The molecule has 0 saturated heterocycles. The fourth-order valence-corrected chi connectivity index (χ4v) is 7.28. The molecule has 0 bridgehead atoms. The highest BCUT2D eigenvalue weighted by Crippen LogP contribution is 2.43. The maximum absolute atomic E-state index is 14.7. The van der Waals surface area contributed by atoms with Gasteiger partial charge in [-0.25, -0.2) is 4.79 Å². The second-order valence-electron chi connectivity index (χ2n) is 12.5. The van der Waals surface area contributed by atoms with Gasteiger partial charge in [-0.2, -0.15) is 5.10 Å². The van der Waals surface area contributed by atoms with Gasteiger partial charge in [-0.05, 0) is 113 Å². The molecule has 0 fully saturated rings. The van der Waals surface area contributed by atoms with Crippen LogP contribution in [0.25, 0.3) is 22.0 Å². The Labute approximate surface area is 284 Å². The van der Waals surface area contributed by atoms with Gasteiger partial charge in [-0.15, -0.1) is 0 Å². The van der Waals surface area contributed by atoms with Gasteiger partial charge in [0.2, 0.25) is 0 Å². The van der Waals surface area contributed by atoms with E-state index in [2.05, 4.69) is 9.67 Å². The molecule has 47 heavy (non-hydrogen) atoms. The van der Waals surface area contributed by atoms with E-state index in [1.165, 1.54) is 0 Å². The lowest BCUT2D eigenvalue weighted by molar-refractivity contribution is 0.0696. The molecule has 1 N–H and O–H groups in total. The number of hydrogen-bond acceptors (Lipinski definition) is 4. The Morgan fingerprint density at radius 2 is 1.70 bits per heavy atom. The number of nitrogens with zero attached hydrogens (tertiary/aromatic N) is 4. The highest BCUT2D eigenvalue weighted by Gasteiger charge is 2.32. The molecule has 6 rings (SSSR count). The first kappa shape index (κ1) is 32.7. The van der Waals surface area contributed by atoms with E-state index in [4.69, 9.17) is 27.9 Å². The topological polar surface area (TPSA) is 89.6 Å². The van der Waals surface area contributed by atoms with Crippen molar-refractivity contribution >= 4 is 51.7 Å². The van der Waals surface area contributed by atoms with Crippen LogP contribution < -0.4 is 9.64 Å². The largest absolute Gasteiger partial charge is 0.494 e. The van der Waals surface area contributed by atoms with Gasteiger partial charge >= 0.3 is 5.97 Å². The third-order valence-corrected chi connectivity index (χ3v) is 10.0. The summed E-state index contributed by atoms with van der Waals surface area (Å²) in [7, 11) is 1.92. The number of rotatable bonds is 8. The molecule has 3 heterocycles. The Hall–Kier alpha value is -4.27. The van der Waals surface area contributed by atoms with Crippen molar-refractivity contribution in [3.05, 3.63) is 97.4 Å². The predicted octanol–water partition coefficient (Wildman–Crippen LogP) is 8.65. The zero-order valence-electron chi connectivity index (χ0n) is 27.5. The van der Waals surface area contributed by atoms with E-state index < -0.39 is 5.97 Å². The van der Waals surface area contributed by atoms with Crippen LogP contribution in [-0.2, 0) is 20.0 Å². The number of carboxylic acids is 1. The van der Waals surface area contributed by atoms with E-state index >= 15 is 0 Å². The number of anilines is 1. The summed E-state index contributed by atoms with van der Waals surface area (Å²) < 4.78 is 10.1. The summed E-state index contributed by atoms with van der Waals surface area (Å²) in [6.45, 7) is 11.3. The number of halogens is 2. The summed E-state index contributed by atoms with van der Waals surface area (Å²) >= 11 is 13.4. The van der Waals surface area contributed by atoms with Crippen molar-refractivity contribution in [2.24, 2.45) is 7.05 Å². The van der Waals surface area contributed by atoms with Crippen molar-refractivity contribution in [2.45, 2.75) is 60.4 Å². The number of carbonyl (C=O) groups is 2. The van der Waals surface area contributed by atoms with Crippen LogP contribution in [-0.4, -0.2) is 44.5 Å². The molecular weight excluding hydrogens is 635 g/mol. The van der Waals surface area contributed by atoms with Crippen molar-refractivity contribution < 1.29 is 19.4 Å². The van der Waals surface area contributed by atoms with Crippen molar-refractivity contribution in [2.75, 3.05) is 18.1 Å². The standard InChI is InChI=1S/C37H38Cl2N4O4/c1-20-15-25(37(45)46)19-26(16-20)42-12-8-13-43-34-29(10-11-30(38)32(34)31-23(4)40-41(6)24(31)5)28(35(43)36(42)44)9-7-14-47-27-17-21(2)33(39)22(3)18-27/h10-11,15-19H,7-9,12-14H2,1-6H3,(H,45,46). The average Bonchev–Trinajstić information content (AvgIpc) is 3.38. The van der Waals surface area contributed by atoms with Gasteiger partial charge in [0.05, 0.1) is 28.4 Å². The molecule has 8 nitrogen and oxygen atoms in total. The van der Waals surface area contributed by atoms with Gasteiger partial charge in [-0.1, -0.05) is 29.3 Å². The lowest BCUT2D eigenvalue weighted by Gasteiger charge is -2.22. The molecule has 3 aromatic carbocycles. The number of aromatic carboxylic acids is 1. The van der Waals surface area contributed by atoms with Crippen LogP contribution in [0, 0.1) is 34.6 Å². The first-order chi connectivity index (χ1) is 22.4. The SMILES string of the molecule is Cc1cc(C(=O)O)cc(N2CCCn3c(c(CCCOc4cc(C)c(Cl)c(C)c4)c4ccc(Cl)c(-c5c(C)nn(C)c5C)c43)C2=O)c1. The second-order valence-corrected chi connectivity index (χ2v) is 13.2. The monoisotopic (exact) mass is 672 g/mol. The Morgan fingerprint density at radius 3 is 2.36 bits per heavy atom. The number of fused-ring (bicyclic) bond motifs is 3. The van der Waals surface area contributed by atoms with Crippen molar-refractivity contribution in [1.29, 1.82) is 0 Å². The summed E-state index contributed by atoms with van der Waals surface area (Å²) in [6, 6.07) is 12.9. The van der Waals surface area contributed by atoms with Crippen LogP contribution in [0.5, 0.6) is 5.75 Å². The van der Waals surface area contributed by atoms with E-state index in [1.807, 2.05) is 76.7 Å². The Balaban J connectivity index is 1.48. The smallest absolute Gasteiger partial charge is 0.335 e. The number of aromatic nitrogens is 3. The normalized spacial score (nSPS) is 13.3. The van der Waals surface area contributed by atoms with E-state index in [0.717, 1.165) is 66.4 Å². The van der Waals surface area contributed by atoms with Crippen molar-refractivity contribution in [3.8, 4) is 16.9 Å². The third kappa shape index (κ3) is 5.89. The van der Waals surface area contributed by atoms with Gasteiger partial charge in [0.1, 0.15) is 11.4 Å². The quantitative estimate of drug-likeness (QED) is 0.167. The molecule has 0 atom stereocenters. The van der Waals surface area contributed by atoms with Crippen LogP contribution in [0.3, 0.4) is 0 Å². The second kappa shape index (κ2) is 12.7. The molecule has 244 valence electrons. The number of amides is 1. The summed E-state index contributed by atoms with van der Waals surface area (Å²) in [5.41, 5.74) is 9.54. The maximum Gasteiger partial charge on any atom is 0.335 e. The zero-order chi connectivity index (χ0) is 33.7. The summed E-state index contributed by atoms with van der Waals surface area (Å²) in [4.78, 5) is 28.4. The molecule has 10 heteroatoms. The van der Waals surface area contributed by atoms with Crippen LogP contribution in [0.4, 0.5) is 5.69 Å². The van der Waals surface area contributed by atoms with E-state index in [0.29, 0.717) is 55.4 Å². The van der Waals surface area contributed by atoms with Crippen LogP contribution in [0.2, 0.25) is 10.0 Å². The van der Waals surface area contributed by atoms with Gasteiger partial charge in [0.15, 0.2) is 0 Å². The highest BCUT2D eigenvalue weighted by molar-refractivity contribution is 6.35. The molecule has 0 saturated carbocycles. The maximum atomic E-state index is 14.7. The minimum atomic E-state index is -1.03. The van der Waals surface area contributed by atoms with E-state index in [-0.39, 0.29) is 11.5 Å². The molecule has 2 aromatic heterocycles. The number of hydrogen-bond donors (Lipinski definition) is 1. The van der Waals surface area contributed by atoms with Gasteiger partial charge in [-0.3, -0.25) is 9.48 Å². The third-order valence-electron chi connectivity index (χ3n) is 9.12. The lowest BCUT2D eigenvalue weighted by atomic mass is 9.98. The number of aryl methyl sites for hydroxylation is 7. The molecule has 0 unspecified atom stereocenters. The van der Waals surface area contributed by atoms with Gasteiger partial charge in [0.25, 0.3) is 5.91 Å². The minimum absolute atomic E-state index is 0.152. The van der Waals surface area contributed by atoms with E-state index in [9.17, 15) is 14.7 Å². The molecule has 1 aliphatic heterocycles. The Morgan fingerprint density at radius 1 is 0.979 bits per heavy atom. The number of carboxylic acid groups (broad SMARTS) is 1. The first-order valence-electron chi connectivity index (χ1n) is 15.8. The molecule has 0 spiro atoms. The molecule has 0 aliphatic carbocycles. The Bertz CT molecular complexity index is 2050. The first-order valence-corrected chi connectivity index (χ1v) is 16.5. The highest BCUT2D eigenvalue weighted by atomic mass is 35.5. The van der Waals surface area contributed by atoms with E-state index in [1.54, 1.807) is 17.0 Å². The fraction of sp³-hybridized carbons (Fsp3) is 0.324. The minimum Gasteiger partial charge on any atom is -0.494 e. The zero-order valence-corrected chi connectivity index (χ0v) is 29.0. The van der Waals surface area contributed by atoms with Crippen LogP contribution in [0.15, 0.2) is 42.5 Å². The summed E-state index contributed by atoms with van der Waals surface area (Å²) in [6.07, 6.45) is 1.93. The molecule has 0 radical (unpaired) electrons. The fourth-order valence-electron chi connectivity index (χ4n) is 6.92. The van der Waals surface area contributed by atoms with Crippen LogP contribution in [0.1, 0.15) is 67.3 Å². The lowest BCUT2D eigenvalue weighted by Crippen LogP contribution is -2.32. The van der Waals surface area contributed by atoms with Gasteiger partial charge < -0.3 is 19.3 Å². The summed E-state index contributed by atoms with van der Waals surface area (Å²) in [5, 5.41) is 16.7. The molecule has 1 amide bonds. The Kier molecular flexibility index (Phi) is 8.85. The number of carbonyl (C=O) groups excluding carboxylic acids is 1. The van der Waals surface area contributed by atoms with Gasteiger partial charge in [0, 0.05) is 53.1 Å². The molecule has 5 aromatic rings. The molecule has 1 aliphatic rings. The average molecular weight is 674 g/mol. The summed E-state index contributed by atoms with van der Waals surface area (Å²) in [5.74, 6) is -0.431. The van der Waals surface area contributed by atoms with Crippen molar-refractivity contribution in [1.82, 2.24) is 14.3 Å².